The fraction of sp³-hybridized carbons (Fsp3) is 0.143. The highest BCUT2D eigenvalue weighted by atomic mass is 35.5. The van der Waals surface area contributed by atoms with E-state index in [1.54, 1.807) is 31.4 Å². The summed E-state index contributed by atoms with van der Waals surface area (Å²) in [5.74, 6) is 0.647. The van der Waals surface area contributed by atoms with Crippen LogP contribution >= 0.6 is 23.2 Å². The first-order chi connectivity index (χ1) is 9.86. The smallest absolute Gasteiger partial charge is 0.265 e. The molecule has 0 heterocycles. The van der Waals surface area contributed by atoms with E-state index in [9.17, 15) is 8.42 Å². The molecule has 2 aromatic rings. The Morgan fingerprint density at radius 2 is 1.67 bits per heavy atom. The summed E-state index contributed by atoms with van der Waals surface area (Å²) in [5.41, 5.74) is 0.502. The van der Waals surface area contributed by atoms with E-state index in [1.165, 1.54) is 25.2 Å². The van der Waals surface area contributed by atoms with Crippen LogP contribution in [0.2, 0.25) is 10.0 Å². The lowest BCUT2D eigenvalue weighted by Gasteiger charge is -2.20. The van der Waals surface area contributed by atoms with Crippen molar-refractivity contribution in [3.63, 3.8) is 0 Å². The van der Waals surface area contributed by atoms with Gasteiger partial charge < -0.3 is 4.74 Å². The van der Waals surface area contributed by atoms with Crippen LogP contribution in [0.15, 0.2) is 47.4 Å². The van der Waals surface area contributed by atoms with Gasteiger partial charge in [-0.2, -0.15) is 0 Å². The van der Waals surface area contributed by atoms with Crippen molar-refractivity contribution in [2.45, 2.75) is 4.90 Å². The average molecular weight is 346 g/mol. The number of rotatable bonds is 4. The molecule has 0 N–H and O–H groups in total. The van der Waals surface area contributed by atoms with E-state index >= 15 is 0 Å². The highest BCUT2D eigenvalue weighted by Crippen LogP contribution is 2.30. The number of anilines is 1. The topological polar surface area (TPSA) is 46.6 Å². The summed E-state index contributed by atoms with van der Waals surface area (Å²) in [6.07, 6.45) is 0. The normalized spacial score (nSPS) is 11.2. The van der Waals surface area contributed by atoms with E-state index in [0.717, 1.165) is 4.31 Å². The zero-order valence-corrected chi connectivity index (χ0v) is 13.7. The maximum absolute atomic E-state index is 12.6. The molecular formula is C14H13Cl2NO3S. The summed E-state index contributed by atoms with van der Waals surface area (Å²) in [6.45, 7) is 0. The van der Waals surface area contributed by atoms with E-state index in [0.29, 0.717) is 16.5 Å². The third-order valence-electron chi connectivity index (χ3n) is 2.97. The van der Waals surface area contributed by atoms with Crippen molar-refractivity contribution in [3.8, 4) is 5.75 Å². The van der Waals surface area contributed by atoms with Gasteiger partial charge in [-0.1, -0.05) is 23.2 Å². The van der Waals surface area contributed by atoms with Gasteiger partial charge in [0.25, 0.3) is 10.0 Å². The third-order valence-corrected chi connectivity index (χ3v) is 5.47. The Hall–Kier alpha value is -1.43. The summed E-state index contributed by atoms with van der Waals surface area (Å²) in [6, 6.07) is 11.0. The number of sulfonamides is 1. The molecule has 0 amide bonds. The second kappa shape index (κ2) is 6.13. The molecule has 0 aliphatic rings. The number of halogens is 2. The van der Waals surface area contributed by atoms with Gasteiger partial charge in [0, 0.05) is 12.1 Å². The molecule has 0 fully saturated rings. The zero-order chi connectivity index (χ0) is 15.6. The molecule has 0 radical (unpaired) electrons. The van der Waals surface area contributed by atoms with Crippen LogP contribution in [0.3, 0.4) is 0 Å². The van der Waals surface area contributed by atoms with Gasteiger partial charge >= 0.3 is 0 Å². The lowest BCUT2D eigenvalue weighted by molar-refractivity contribution is 0.415. The second-order valence-corrected chi connectivity index (χ2v) is 7.03. The molecule has 0 atom stereocenters. The number of methoxy groups -OCH3 is 1. The minimum atomic E-state index is -3.76. The second-order valence-electron chi connectivity index (χ2n) is 4.25. The fourth-order valence-electron chi connectivity index (χ4n) is 1.76. The molecule has 4 nitrogen and oxygen atoms in total. The molecule has 0 aliphatic heterocycles. The standard InChI is InChI=1S/C14H13Cl2NO3S/c1-17(11-4-6-12(20-2)7-5-11)21(18,19)14-8-3-10(15)9-13(14)16/h3-9H,1-2H3. The van der Waals surface area contributed by atoms with Gasteiger partial charge in [-0.3, -0.25) is 4.31 Å². The van der Waals surface area contributed by atoms with Crippen LogP contribution in [-0.4, -0.2) is 22.6 Å². The van der Waals surface area contributed by atoms with Gasteiger partial charge in [0.05, 0.1) is 17.8 Å². The predicted octanol–water partition coefficient (Wildman–Crippen LogP) is 3.83. The van der Waals surface area contributed by atoms with Gasteiger partial charge in [-0.25, -0.2) is 8.42 Å². The summed E-state index contributed by atoms with van der Waals surface area (Å²) in [5, 5.41) is 0.467. The molecule has 0 bridgehead atoms. The van der Waals surface area contributed by atoms with Crippen molar-refractivity contribution in [1.29, 1.82) is 0 Å². The minimum absolute atomic E-state index is 0.00637. The van der Waals surface area contributed by atoms with Crippen LogP contribution in [-0.2, 0) is 10.0 Å². The van der Waals surface area contributed by atoms with E-state index in [4.69, 9.17) is 27.9 Å². The number of hydrogen-bond acceptors (Lipinski definition) is 3. The Kier molecular flexibility index (Phi) is 4.66. The third kappa shape index (κ3) is 3.26. The van der Waals surface area contributed by atoms with Crippen LogP contribution in [0, 0.1) is 0 Å². The van der Waals surface area contributed by atoms with Crippen LogP contribution in [0.4, 0.5) is 5.69 Å². The molecule has 0 saturated heterocycles. The maximum atomic E-state index is 12.6. The molecular weight excluding hydrogens is 333 g/mol. The Morgan fingerprint density at radius 3 is 2.19 bits per heavy atom. The maximum Gasteiger partial charge on any atom is 0.265 e. The molecule has 2 rings (SSSR count). The van der Waals surface area contributed by atoms with Gasteiger partial charge in [0.15, 0.2) is 0 Å². The van der Waals surface area contributed by atoms with Gasteiger partial charge in [-0.15, -0.1) is 0 Å². The van der Waals surface area contributed by atoms with Crippen molar-refractivity contribution < 1.29 is 13.2 Å². The van der Waals surface area contributed by atoms with Crippen LogP contribution in [0.25, 0.3) is 0 Å². The van der Waals surface area contributed by atoms with E-state index < -0.39 is 10.0 Å². The number of hydrogen-bond donors (Lipinski definition) is 0. The lowest BCUT2D eigenvalue weighted by atomic mass is 10.3. The highest BCUT2D eigenvalue weighted by molar-refractivity contribution is 7.93. The first-order valence-electron chi connectivity index (χ1n) is 5.94. The van der Waals surface area contributed by atoms with Crippen molar-refractivity contribution in [1.82, 2.24) is 0 Å². The molecule has 112 valence electrons. The quantitative estimate of drug-likeness (QED) is 0.845. The van der Waals surface area contributed by atoms with Crippen LogP contribution in [0.1, 0.15) is 0 Å². The lowest BCUT2D eigenvalue weighted by Crippen LogP contribution is -2.26. The first kappa shape index (κ1) is 15.9. The Morgan fingerprint density at radius 1 is 1.05 bits per heavy atom. The van der Waals surface area contributed by atoms with Crippen molar-refractivity contribution in [2.24, 2.45) is 0 Å². The zero-order valence-electron chi connectivity index (χ0n) is 11.4. The predicted molar refractivity (Wildman–Crippen MR) is 85.0 cm³/mol. The molecule has 2 aromatic carbocycles. The van der Waals surface area contributed by atoms with E-state index in [1.807, 2.05) is 0 Å². The monoisotopic (exact) mass is 345 g/mol. The van der Waals surface area contributed by atoms with Crippen molar-refractivity contribution >= 4 is 38.9 Å². The molecule has 0 unspecified atom stereocenters. The molecule has 0 aliphatic carbocycles. The Balaban J connectivity index is 2.42. The number of nitrogens with zero attached hydrogens (tertiary/aromatic N) is 1. The first-order valence-corrected chi connectivity index (χ1v) is 8.14. The van der Waals surface area contributed by atoms with Gasteiger partial charge in [0.1, 0.15) is 10.6 Å². The minimum Gasteiger partial charge on any atom is -0.497 e. The Labute approximate surface area is 133 Å². The van der Waals surface area contributed by atoms with Crippen LogP contribution in [0.5, 0.6) is 5.75 Å². The van der Waals surface area contributed by atoms with Crippen molar-refractivity contribution in [3.05, 3.63) is 52.5 Å². The summed E-state index contributed by atoms with van der Waals surface area (Å²) in [4.78, 5) is 0.00637. The van der Waals surface area contributed by atoms with E-state index in [2.05, 4.69) is 0 Å². The molecule has 0 saturated carbocycles. The van der Waals surface area contributed by atoms with Crippen LogP contribution < -0.4 is 9.04 Å². The van der Waals surface area contributed by atoms with E-state index in [-0.39, 0.29) is 9.92 Å². The summed E-state index contributed by atoms with van der Waals surface area (Å²) >= 11 is 11.8. The highest BCUT2D eigenvalue weighted by Gasteiger charge is 2.24. The number of benzene rings is 2. The van der Waals surface area contributed by atoms with Gasteiger partial charge in [-0.05, 0) is 42.5 Å². The molecule has 21 heavy (non-hydrogen) atoms. The largest absolute Gasteiger partial charge is 0.497 e. The molecule has 0 aromatic heterocycles. The SMILES string of the molecule is COc1ccc(N(C)S(=O)(=O)c2ccc(Cl)cc2Cl)cc1. The molecule has 7 heteroatoms. The average Bonchev–Trinajstić information content (AvgIpc) is 2.46. The summed E-state index contributed by atoms with van der Waals surface area (Å²) < 4.78 is 31.4. The molecule has 0 spiro atoms. The van der Waals surface area contributed by atoms with Crippen molar-refractivity contribution in [2.75, 3.05) is 18.5 Å². The number of ether oxygens (including phenoxy) is 1. The van der Waals surface area contributed by atoms with Gasteiger partial charge in [0.2, 0.25) is 0 Å². The fourth-order valence-corrected chi connectivity index (χ4v) is 3.70. The Bertz CT molecular complexity index is 745. The summed E-state index contributed by atoms with van der Waals surface area (Å²) in [7, 11) is -0.752.